The van der Waals surface area contributed by atoms with Gasteiger partial charge in [-0.2, -0.15) is 0 Å². The van der Waals surface area contributed by atoms with Gasteiger partial charge in [0.05, 0.1) is 0 Å². The molecule has 0 aliphatic heterocycles. The lowest BCUT2D eigenvalue weighted by Gasteiger charge is -2.06. The van der Waals surface area contributed by atoms with Crippen LogP contribution in [0.5, 0.6) is 0 Å². The smallest absolute Gasteiger partial charge is 0.289 e. The molecule has 2 nitrogen and oxygen atoms in total. The number of hydrogen-bond donors (Lipinski definition) is 0. The van der Waals surface area contributed by atoms with Crippen molar-refractivity contribution in [2.24, 2.45) is 0 Å². The highest BCUT2D eigenvalue weighted by Crippen LogP contribution is 2.05. The van der Waals surface area contributed by atoms with Gasteiger partial charge in [0.2, 0.25) is 0 Å². The largest absolute Gasteiger partial charge is 0.439 e. The van der Waals surface area contributed by atoms with Crippen LogP contribution >= 0.6 is 0 Å². The highest BCUT2D eigenvalue weighted by Gasteiger charge is 2.09. The molecule has 0 aliphatic rings. The Hall–Kier alpha value is 0.0499. The molecule has 0 heterocycles. The Balaban J connectivity index is 3.13. The van der Waals surface area contributed by atoms with Crippen molar-refractivity contribution in [3.05, 3.63) is 0 Å². The summed E-state index contributed by atoms with van der Waals surface area (Å²) in [6, 6.07) is 0. The summed E-state index contributed by atoms with van der Waals surface area (Å²) in [5.74, 6) is 0. The Labute approximate surface area is 70.9 Å². The van der Waals surface area contributed by atoms with Crippen LogP contribution in [0.4, 0.5) is 0 Å². The van der Waals surface area contributed by atoms with E-state index >= 15 is 0 Å². The first-order chi connectivity index (χ1) is 5.20. The molecule has 0 aromatic heterocycles. The van der Waals surface area contributed by atoms with E-state index in [9.17, 15) is 0 Å². The minimum absolute atomic E-state index is 0.388. The van der Waals surface area contributed by atoms with Gasteiger partial charge in [0, 0.05) is 14.2 Å². The highest BCUT2D eigenvalue weighted by atomic mass is 16.4. The van der Waals surface area contributed by atoms with Crippen molar-refractivity contribution in [1.82, 2.24) is 0 Å². The molecule has 0 N–H and O–H groups in total. The van der Waals surface area contributed by atoms with Gasteiger partial charge in [-0.15, -0.1) is 0 Å². The Morgan fingerprint density at radius 2 is 1.27 bits per heavy atom. The molecule has 64 valence electrons. The van der Waals surface area contributed by atoms with Crippen LogP contribution in [0.25, 0.3) is 0 Å². The molecule has 4 heteroatoms. The van der Waals surface area contributed by atoms with Crippen molar-refractivity contribution in [2.45, 2.75) is 32.7 Å². The molecule has 0 aromatic carbocycles. The molecular formula is C7H18B2O2. The first-order valence-corrected chi connectivity index (χ1v) is 4.26. The fraction of sp³-hybridized carbons (Fsp3) is 1.00. The number of hydrogen-bond acceptors (Lipinski definition) is 2. The molecule has 0 fully saturated rings. The van der Waals surface area contributed by atoms with Crippen molar-refractivity contribution in [3.63, 3.8) is 0 Å². The molecule has 0 unspecified atom stereocenters. The minimum Gasteiger partial charge on any atom is -0.439 e. The molecule has 0 saturated carbocycles. The van der Waals surface area contributed by atoms with Crippen molar-refractivity contribution in [1.29, 1.82) is 0 Å². The van der Waals surface area contributed by atoms with Crippen molar-refractivity contribution in [3.8, 4) is 0 Å². The zero-order valence-corrected chi connectivity index (χ0v) is 8.09. The average molecular weight is 156 g/mol. The Morgan fingerprint density at radius 1 is 0.909 bits per heavy atom. The monoisotopic (exact) mass is 156 g/mol. The minimum atomic E-state index is 0.388. The average Bonchev–Trinajstić information content (AvgIpc) is 2.04. The quantitative estimate of drug-likeness (QED) is 0.546. The van der Waals surface area contributed by atoms with Crippen LogP contribution < -0.4 is 0 Å². The van der Waals surface area contributed by atoms with Gasteiger partial charge in [-0.25, -0.2) is 0 Å². The maximum absolute atomic E-state index is 5.12. The van der Waals surface area contributed by atoms with E-state index in [0.717, 1.165) is 12.6 Å². The van der Waals surface area contributed by atoms with Gasteiger partial charge in [-0.1, -0.05) is 20.1 Å². The normalized spacial score (nSPS) is 9.82. The molecule has 0 atom stereocenters. The van der Waals surface area contributed by atoms with Crippen LogP contribution in [-0.2, 0) is 9.31 Å². The van der Waals surface area contributed by atoms with E-state index in [2.05, 4.69) is 13.6 Å². The van der Waals surface area contributed by atoms with Crippen LogP contribution in [-0.4, -0.2) is 28.1 Å². The van der Waals surface area contributed by atoms with E-state index in [4.69, 9.17) is 9.31 Å². The lowest BCUT2D eigenvalue weighted by molar-refractivity contribution is 0.416. The number of rotatable bonds is 6. The Kier molecular flexibility index (Phi) is 6.77. The third kappa shape index (κ3) is 6.45. The topological polar surface area (TPSA) is 18.5 Å². The second-order valence-electron chi connectivity index (χ2n) is 3.02. The van der Waals surface area contributed by atoms with Gasteiger partial charge in [0.1, 0.15) is 0 Å². The van der Waals surface area contributed by atoms with E-state index in [1.807, 2.05) is 0 Å². The molecule has 0 radical (unpaired) electrons. The molecule has 0 bridgehead atoms. The molecule has 0 aliphatic carbocycles. The first kappa shape index (κ1) is 11.0. The van der Waals surface area contributed by atoms with Crippen molar-refractivity contribution in [2.75, 3.05) is 14.2 Å². The second-order valence-corrected chi connectivity index (χ2v) is 3.02. The van der Waals surface area contributed by atoms with Gasteiger partial charge in [0.25, 0.3) is 13.8 Å². The third-order valence-electron chi connectivity index (χ3n) is 2.03. The SMILES string of the molecule is COB(C)CCCB(C)OC. The van der Waals surface area contributed by atoms with E-state index in [1.165, 1.54) is 6.42 Å². The Morgan fingerprint density at radius 3 is 1.55 bits per heavy atom. The standard InChI is InChI=1S/C7H18B2O2/c1-8(10-3)6-5-7-9(2)11-4/h5-7H2,1-4H3. The fourth-order valence-electron chi connectivity index (χ4n) is 0.928. The van der Waals surface area contributed by atoms with Crippen LogP contribution in [0.2, 0.25) is 26.3 Å². The fourth-order valence-corrected chi connectivity index (χ4v) is 0.928. The zero-order chi connectivity index (χ0) is 8.69. The van der Waals surface area contributed by atoms with Gasteiger partial charge >= 0.3 is 0 Å². The summed E-state index contributed by atoms with van der Waals surface area (Å²) in [5, 5.41) is 0. The molecule has 0 rings (SSSR count). The maximum Gasteiger partial charge on any atom is 0.289 e. The van der Waals surface area contributed by atoms with Crippen molar-refractivity contribution >= 4 is 13.8 Å². The van der Waals surface area contributed by atoms with Crippen molar-refractivity contribution < 1.29 is 9.31 Å². The molecule has 0 saturated heterocycles. The lowest BCUT2D eigenvalue weighted by Crippen LogP contribution is -2.13. The predicted molar refractivity (Wildman–Crippen MR) is 51.5 cm³/mol. The predicted octanol–water partition coefficient (Wildman–Crippen LogP) is 1.91. The van der Waals surface area contributed by atoms with Crippen LogP contribution in [0.1, 0.15) is 6.42 Å². The van der Waals surface area contributed by atoms with E-state index < -0.39 is 0 Å². The molecule has 0 amide bonds. The lowest BCUT2D eigenvalue weighted by atomic mass is 9.60. The Bertz CT molecular complexity index is 80.5. The third-order valence-corrected chi connectivity index (χ3v) is 2.03. The maximum atomic E-state index is 5.12. The molecule has 0 aromatic rings. The summed E-state index contributed by atoms with van der Waals surface area (Å²) in [6.45, 7) is 4.97. The molecule has 0 spiro atoms. The summed E-state index contributed by atoms with van der Waals surface area (Å²) in [6.07, 6.45) is 3.44. The molecule has 11 heavy (non-hydrogen) atoms. The summed E-state index contributed by atoms with van der Waals surface area (Å²) < 4.78 is 10.2. The van der Waals surface area contributed by atoms with Crippen LogP contribution in [0, 0.1) is 0 Å². The summed E-state index contributed by atoms with van der Waals surface area (Å²) in [7, 11) is 3.51. The van der Waals surface area contributed by atoms with Gasteiger partial charge in [0.15, 0.2) is 0 Å². The van der Waals surface area contributed by atoms with Gasteiger partial charge < -0.3 is 9.31 Å². The second kappa shape index (κ2) is 6.74. The summed E-state index contributed by atoms with van der Waals surface area (Å²) >= 11 is 0. The molecular weight excluding hydrogens is 138 g/mol. The zero-order valence-electron chi connectivity index (χ0n) is 8.09. The van der Waals surface area contributed by atoms with Gasteiger partial charge in [-0.3, -0.25) is 0 Å². The van der Waals surface area contributed by atoms with Gasteiger partial charge in [-0.05, 0) is 12.6 Å². The van der Waals surface area contributed by atoms with E-state index in [0.29, 0.717) is 13.8 Å². The highest BCUT2D eigenvalue weighted by molar-refractivity contribution is 6.51. The van der Waals surface area contributed by atoms with Crippen LogP contribution in [0.3, 0.4) is 0 Å². The van der Waals surface area contributed by atoms with Crippen LogP contribution in [0.15, 0.2) is 0 Å². The summed E-state index contributed by atoms with van der Waals surface area (Å²) in [4.78, 5) is 0. The van der Waals surface area contributed by atoms with E-state index in [-0.39, 0.29) is 0 Å². The van der Waals surface area contributed by atoms with E-state index in [1.54, 1.807) is 14.2 Å². The first-order valence-electron chi connectivity index (χ1n) is 4.26. The summed E-state index contributed by atoms with van der Waals surface area (Å²) in [5.41, 5.74) is 0.